The maximum atomic E-state index is 12.7. The molecule has 0 radical (unpaired) electrons. The molecule has 30 heavy (non-hydrogen) atoms. The molecule has 0 aliphatic carbocycles. The molecular weight excluding hydrogens is 425 g/mol. The third-order valence-electron chi connectivity index (χ3n) is 3.73. The second kappa shape index (κ2) is 10.6. The van der Waals surface area contributed by atoms with Gasteiger partial charge in [0.15, 0.2) is 6.61 Å². The van der Waals surface area contributed by atoms with E-state index in [1.807, 2.05) is 0 Å². The number of carbonyl (C=O) groups excluding carboxylic acids is 3. The van der Waals surface area contributed by atoms with Crippen molar-refractivity contribution in [2.45, 2.75) is 25.4 Å². The van der Waals surface area contributed by atoms with Crippen LogP contribution in [0.3, 0.4) is 0 Å². The molecule has 0 saturated heterocycles. The fraction of sp³-hybridized carbons (Fsp3) is 0.250. The molecule has 0 aliphatic rings. The quantitative estimate of drug-likeness (QED) is 0.583. The smallest absolute Gasteiger partial charge is 0.416 e. The number of benzene rings is 2. The van der Waals surface area contributed by atoms with Crippen LogP contribution >= 0.6 is 11.6 Å². The van der Waals surface area contributed by atoms with E-state index in [4.69, 9.17) is 16.3 Å². The normalized spacial score (nSPS) is 10.9. The largest absolute Gasteiger partial charge is 0.456 e. The summed E-state index contributed by atoms with van der Waals surface area (Å²) in [5.74, 6) is -1.79. The SMILES string of the molecule is O=C(CCCC(=O)OCC(=O)Nc1cccc(C(F)(F)F)c1)Nc1cccc(Cl)c1. The second-order valence-corrected chi connectivity index (χ2v) is 6.64. The van der Waals surface area contributed by atoms with Gasteiger partial charge in [0, 0.05) is 29.2 Å². The minimum atomic E-state index is -4.54. The number of hydrogen-bond donors (Lipinski definition) is 2. The number of hydrogen-bond acceptors (Lipinski definition) is 4. The molecule has 0 saturated carbocycles. The lowest BCUT2D eigenvalue weighted by atomic mass is 10.2. The van der Waals surface area contributed by atoms with Crippen LogP contribution in [0.1, 0.15) is 24.8 Å². The summed E-state index contributed by atoms with van der Waals surface area (Å²) in [6.45, 7) is -0.649. The van der Waals surface area contributed by atoms with Gasteiger partial charge in [-0.3, -0.25) is 14.4 Å². The Morgan fingerprint density at radius 3 is 2.20 bits per heavy atom. The average molecular weight is 443 g/mol. The molecule has 0 fully saturated rings. The lowest BCUT2D eigenvalue weighted by Gasteiger charge is -2.10. The van der Waals surface area contributed by atoms with E-state index in [0.29, 0.717) is 10.7 Å². The van der Waals surface area contributed by atoms with Crippen LogP contribution in [0.5, 0.6) is 0 Å². The Balaban J connectivity index is 1.68. The number of amides is 2. The number of ether oxygens (including phenoxy) is 1. The van der Waals surface area contributed by atoms with Gasteiger partial charge in [-0.05, 0) is 42.8 Å². The molecule has 2 amide bonds. The van der Waals surface area contributed by atoms with Crippen molar-refractivity contribution in [3.63, 3.8) is 0 Å². The number of alkyl halides is 3. The summed E-state index contributed by atoms with van der Waals surface area (Å²) in [6, 6.07) is 10.7. The zero-order valence-corrected chi connectivity index (χ0v) is 16.3. The van der Waals surface area contributed by atoms with Crippen molar-refractivity contribution in [3.05, 3.63) is 59.1 Å². The van der Waals surface area contributed by atoms with E-state index in [1.54, 1.807) is 24.3 Å². The topological polar surface area (TPSA) is 84.5 Å². The van der Waals surface area contributed by atoms with Crippen molar-refractivity contribution >= 4 is 40.8 Å². The van der Waals surface area contributed by atoms with Gasteiger partial charge in [0.25, 0.3) is 5.91 Å². The molecule has 0 bridgehead atoms. The molecular formula is C20H18ClF3N2O4. The number of halogens is 4. The van der Waals surface area contributed by atoms with Crippen LogP contribution in [0, 0.1) is 0 Å². The predicted octanol–water partition coefficient (Wildman–Crippen LogP) is 4.65. The lowest BCUT2D eigenvalue weighted by Crippen LogP contribution is -2.21. The molecule has 0 aliphatic heterocycles. The lowest BCUT2D eigenvalue weighted by molar-refractivity contribution is -0.147. The van der Waals surface area contributed by atoms with Gasteiger partial charge in [0.2, 0.25) is 5.91 Å². The first-order chi connectivity index (χ1) is 14.1. The average Bonchev–Trinajstić information content (AvgIpc) is 2.66. The fourth-order valence-electron chi connectivity index (χ4n) is 2.37. The van der Waals surface area contributed by atoms with Gasteiger partial charge in [-0.2, -0.15) is 13.2 Å². The Kier molecular flexibility index (Phi) is 8.23. The molecule has 2 aromatic rings. The molecule has 2 N–H and O–H groups in total. The molecule has 0 spiro atoms. The molecule has 6 nitrogen and oxygen atoms in total. The maximum absolute atomic E-state index is 12.7. The van der Waals surface area contributed by atoms with Gasteiger partial charge < -0.3 is 15.4 Å². The highest BCUT2D eigenvalue weighted by atomic mass is 35.5. The molecule has 160 valence electrons. The van der Waals surface area contributed by atoms with Gasteiger partial charge in [0.05, 0.1) is 5.56 Å². The zero-order chi connectivity index (χ0) is 22.1. The van der Waals surface area contributed by atoms with Gasteiger partial charge in [-0.1, -0.05) is 23.7 Å². The van der Waals surface area contributed by atoms with Crippen LogP contribution in [-0.4, -0.2) is 24.4 Å². The second-order valence-electron chi connectivity index (χ2n) is 6.20. The Labute approximate surface area is 175 Å². The highest BCUT2D eigenvalue weighted by molar-refractivity contribution is 6.30. The van der Waals surface area contributed by atoms with Crippen molar-refractivity contribution in [1.82, 2.24) is 0 Å². The van der Waals surface area contributed by atoms with Crippen molar-refractivity contribution in [1.29, 1.82) is 0 Å². The van der Waals surface area contributed by atoms with E-state index < -0.39 is 30.2 Å². The number of esters is 1. The first-order valence-electron chi connectivity index (χ1n) is 8.81. The van der Waals surface area contributed by atoms with Crippen LogP contribution in [0.4, 0.5) is 24.5 Å². The standard InChI is InChI=1S/C20H18ClF3N2O4/c21-14-5-2-7-16(11-14)25-17(27)8-3-9-19(29)30-12-18(28)26-15-6-1-4-13(10-15)20(22,23)24/h1-2,4-7,10-11H,3,8-9,12H2,(H,25,27)(H,26,28). The van der Waals surface area contributed by atoms with E-state index in [1.165, 1.54) is 6.07 Å². The monoisotopic (exact) mass is 442 g/mol. The Morgan fingerprint density at radius 1 is 0.900 bits per heavy atom. The summed E-state index contributed by atoms with van der Waals surface area (Å²) in [4.78, 5) is 35.2. The van der Waals surface area contributed by atoms with Crippen LogP contribution in [-0.2, 0) is 25.3 Å². The number of rotatable bonds is 8. The molecule has 0 heterocycles. The summed E-state index contributed by atoms with van der Waals surface area (Å²) in [7, 11) is 0. The molecule has 0 aromatic heterocycles. The third kappa shape index (κ3) is 8.12. The third-order valence-corrected chi connectivity index (χ3v) is 3.97. The van der Waals surface area contributed by atoms with E-state index in [0.717, 1.165) is 18.2 Å². The number of nitrogens with one attached hydrogen (secondary N) is 2. The van der Waals surface area contributed by atoms with Gasteiger partial charge in [-0.15, -0.1) is 0 Å². The zero-order valence-electron chi connectivity index (χ0n) is 15.6. The van der Waals surface area contributed by atoms with Crippen molar-refractivity contribution < 1.29 is 32.3 Å². The molecule has 2 aromatic carbocycles. The maximum Gasteiger partial charge on any atom is 0.416 e. The molecule has 0 unspecified atom stereocenters. The number of carbonyl (C=O) groups is 3. The van der Waals surface area contributed by atoms with Crippen molar-refractivity contribution in [3.8, 4) is 0 Å². The van der Waals surface area contributed by atoms with E-state index in [9.17, 15) is 27.6 Å². The van der Waals surface area contributed by atoms with Crippen molar-refractivity contribution in [2.24, 2.45) is 0 Å². The minimum absolute atomic E-state index is 0.0536. The predicted molar refractivity (Wildman–Crippen MR) is 105 cm³/mol. The Morgan fingerprint density at radius 2 is 1.53 bits per heavy atom. The summed E-state index contributed by atoms with van der Waals surface area (Å²) in [5, 5.41) is 5.33. The van der Waals surface area contributed by atoms with Crippen LogP contribution < -0.4 is 10.6 Å². The Hall–Kier alpha value is -3.07. The van der Waals surface area contributed by atoms with E-state index >= 15 is 0 Å². The van der Waals surface area contributed by atoms with Gasteiger partial charge in [0.1, 0.15) is 0 Å². The molecule has 0 atom stereocenters. The number of anilines is 2. The summed E-state index contributed by atoms with van der Waals surface area (Å²) < 4.78 is 42.7. The summed E-state index contributed by atoms with van der Waals surface area (Å²) in [6.07, 6.45) is -4.38. The molecule has 10 heteroatoms. The highest BCUT2D eigenvalue weighted by Gasteiger charge is 2.30. The van der Waals surface area contributed by atoms with Crippen molar-refractivity contribution in [2.75, 3.05) is 17.2 Å². The van der Waals surface area contributed by atoms with Crippen LogP contribution in [0.15, 0.2) is 48.5 Å². The summed E-state index contributed by atoms with van der Waals surface area (Å²) in [5.41, 5.74) is -0.446. The highest BCUT2D eigenvalue weighted by Crippen LogP contribution is 2.30. The van der Waals surface area contributed by atoms with Gasteiger partial charge in [-0.25, -0.2) is 0 Å². The van der Waals surface area contributed by atoms with Gasteiger partial charge >= 0.3 is 12.1 Å². The first kappa shape index (κ1) is 23.2. The van der Waals surface area contributed by atoms with E-state index in [2.05, 4.69) is 10.6 Å². The molecule has 2 rings (SSSR count). The minimum Gasteiger partial charge on any atom is -0.456 e. The first-order valence-corrected chi connectivity index (χ1v) is 9.19. The Bertz CT molecular complexity index is 919. The van der Waals surface area contributed by atoms with Crippen LogP contribution in [0.2, 0.25) is 5.02 Å². The van der Waals surface area contributed by atoms with Crippen LogP contribution in [0.25, 0.3) is 0 Å². The van der Waals surface area contributed by atoms with E-state index in [-0.39, 0.29) is 30.9 Å². The summed E-state index contributed by atoms with van der Waals surface area (Å²) >= 11 is 5.82. The fourth-order valence-corrected chi connectivity index (χ4v) is 2.56.